The average Bonchev–Trinajstić information content (AvgIpc) is 2.83. The zero-order valence-corrected chi connectivity index (χ0v) is 20.0. The molecule has 0 spiro atoms. The zero-order valence-electron chi connectivity index (χ0n) is 19.2. The standard InChI is InChI=1S/C27H24N2O4S/c1-4-32-25(30)20-9-11-21(29-17-20)10-7-18-8-12-23-22(14-18)27(2,3)15-24(34-23)33-26(31)19-6-5-13-28-16-19/h5-6,8-9,11-14,16-17,24H,4,15H2,1-3H3/t24-/m0/s1. The van der Waals surface area contributed by atoms with Crippen LogP contribution in [0.2, 0.25) is 0 Å². The Hall–Kier alpha value is -3.63. The fourth-order valence-electron chi connectivity index (χ4n) is 3.63. The van der Waals surface area contributed by atoms with Crippen LogP contribution in [0.3, 0.4) is 0 Å². The van der Waals surface area contributed by atoms with Gasteiger partial charge < -0.3 is 9.47 Å². The molecule has 172 valence electrons. The number of ether oxygens (including phenoxy) is 2. The Balaban J connectivity index is 1.48. The van der Waals surface area contributed by atoms with Crippen molar-refractivity contribution in [1.29, 1.82) is 0 Å². The predicted octanol–water partition coefficient (Wildman–Crippen LogP) is 5.01. The highest BCUT2D eigenvalue weighted by Crippen LogP contribution is 2.46. The van der Waals surface area contributed by atoms with Crippen molar-refractivity contribution in [3.63, 3.8) is 0 Å². The summed E-state index contributed by atoms with van der Waals surface area (Å²) in [6, 6.07) is 12.8. The number of aromatic nitrogens is 2. The van der Waals surface area contributed by atoms with Crippen molar-refractivity contribution in [3.8, 4) is 11.8 Å². The summed E-state index contributed by atoms with van der Waals surface area (Å²) in [6.07, 6.45) is 5.30. The van der Waals surface area contributed by atoms with Crippen molar-refractivity contribution < 1.29 is 19.1 Å². The quantitative estimate of drug-likeness (QED) is 0.390. The Morgan fingerprint density at radius 2 is 1.91 bits per heavy atom. The number of hydrogen-bond donors (Lipinski definition) is 0. The van der Waals surface area contributed by atoms with E-state index in [1.165, 1.54) is 18.0 Å². The first-order chi connectivity index (χ1) is 16.4. The first kappa shape index (κ1) is 23.5. The lowest BCUT2D eigenvalue weighted by Crippen LogP contribution is -2.31. The number of esters is 2. The van der Waals surface area contributed by atoms with Crippen molar-refractivity contribution in [2.24, 2.45) is 0 Å². The van der Waals surface area contributed by atoms with Gasteiger partial charge in [0.25, 0.3) is 0 Å². The van der Waals surface area contributed by atoms with Crippen molar-refractivity contribution in [2.45, 2.75) is 42.9 Å². The number of pyridine rings is 2. The lowest BCUT2D eigenvalue weighted by molar-refractivity contribution is 0.0414. The molecule has 0 aliphatic carbocycles. The Morgan fingerprint density at radius 3 is 2.62 bits per heavy atom. The van der Waals surface area contributed by atoms with Gasteiger partial charge in [-0.25, -0.2) is 14.6 Å². The van der Waals surface area contributed by atoms with Gasteiger partial charge in [0.05, 0.1) is 17.7 Å². The van der Waals surface area contributed by atoms with Gasteiger partial charge in [-0.2, -0.15) is 0 Å². The van der Waals surface area contributed by atoms with E-state index in [9.17, 15) is 9.59 Å². The fraction of sp³-hybridized carbons (Fsp3) is 0.259. The number of thioether (sulfide) groups is 1. The highest BCUT2D eigenvalue weighted by Gasteiger charge is 2.35. The number of benzene rings is 1. The first-order valence-electron chi connectivity index (χ1n) is 10.9. The van der Waals surface area contributed by atoms with Gasteiger partial charge in [-0.1, -0.05) is 31.5 Å². The number of rotatable bonds is 4. The second kappa shape index (κ2) is 10.1. The van der Waals surface area contributed by atoms with Gasteiger partial charge in [-0.3, -0.25) is 4.98 Å². The summed E-state index contributed by atoms with van der Waals surface area (Å²) in [5, 5.41) is 0. The van der Waals surface area contributed by atoms with Crippen molar-refractivity contribution >= 4 is 23.7 Å². The molecule has 3 aromatic rings. The van der Waals surface area contributed by atoms with E-state index >= 15 is 0 Å². The number of carbonyl (C=O) groups is 2. The summed E-state index contributed by atoms with van der Waals surface area (Å²) in [4.78, 5) is 33.5. The van der Waals surface area contributed by atoms with Gasteiger partial charge in [-0.15, -0.1) is 0 Å². The minimum Gasteiger partial charge on any atom is -0.462 e. The minimum atomic E-state index is -0.395. The molecule has 7 heteroatoms. The molecule has 0 saturated carbocycles. The molecule has 2 aromatic heterocycles. The fourth-order valence-corrected chi connectivity index (χ4v) is 5.15. The molecule has 1 aliphatic heterocycles. The first-order valence-corrected chi connectivity index (χ1v) is 11.8. The average molecular weight is 473 g/mol. The third-order valence-electron chi connectivity index (χ3n) is 5.39. The molecule has 0 fully saturated rings. The Kier molecular flexibility index (Phi) is 6.99. The molecular weight excluding hydrogens is 448 g/mol. The van der Waals surface area contributed by atoms with E-state index in [-0.39, 0.29) is 16.8 Å². The van der Waals surface area contributed by atoms with Gasteiger partial charge >= 0.3 is 11.9 Å². The van der Waals surface area contributed by atoms with E-state index in [1.807, 2.05) is 12.1 Å². The molecule has 0 amide bonds. The minimum absolute atomic E-state index is 0.197. The van der Waals surface area contributed by atoms with Gasteiger partial charge in [0.1, 0.15) is 5.69 Å². The van der Waals surface area contributed by atoms with E-state index in [4.69, 9.17) is 9.47 Å². The van der Waals surface area contributed by atoms with Gasteiger partial charge in [0.2, 0.25) is 0 Å². The second-order valence-corrected chi connectivity index (χ2v) is 9.60. The SMILES string of the molecule is CCOC(=O)c1ccc(C#Cc2ccc3c(c2)C(C)(C)C[C@@H](OC(=O)c2cccnc2)S3)nc1. The molecule has 6 nitrogen and oxygen atoms in total. The summed E-state index contributed by atoms with van der Waals surface area (Å²) < 4.78 is 10.7. The van der Waals surface area contributed by atoms with Gasteiger partial charge in [-0.05, 0) is 66.3 Å². The summed E-state index contributed by atoms with van der Waals surface area (Å²) in [5.74, 6) is 5.45. The van der Waals surface area contributed by atoms with Crippen LogP contribution in [0, 0.1) is 11.8 Å². The third-order valence-corrected chi connectivity index (χ3v) is 6.53. The molecule has 0 radical (unpaired) electrons. The van der Waals surface area contributed by atoms with E-state index in [0.717, 1.165) is 10.5 Å². The monoisotopic (exact) mass is 472 g/mol. The second-order valence-electron chi connectivity index (χ2n) is 8.40. The maximum atomic E-state index is 12.5. The summed E-state index contributed by atoms with van der Waals surface area (Å²) in [5.41, 5.74) is 2.98. The van der Waals surface area contributed by atoms with Crippen LogP contribution >= 0.6 is 11.8 Å². The lowest BCUT2D eigenvalue weighted by atomic mass is 9.80. The Morgan fingerprint density at radius 1 is 1.09 bits per heavy atom. The highest BCUT2D eigenvalue weighted by molar-refractivity contribution is 7.99. The molecule has 0 bridgehead atoms. The molecule has 1 aliphatic rings. The highest BCUT2D eigenvalue weighted by atomic mass is 32.2. The topological polar surface area (TPSA) is 78.4 Å². The van der Waals surface area contributed by atoms with Crippen LogP contribution in [0.1, 0.15) is 64.7 Å². The molecule has 3 heterocycles. The molecule has 0 N–H and O–H groups in total. The largest absolute Gasteiger partial charge is 0.462 e. The van der Waals surface area contributed by atoms with Crippen LogP contribution in [0.25, 0.3) is 0 Å². The van der Waals surface area contributed by atoms with Gasteiger partial charge in [0, 0.05) is 35.5 Å². The van der Waals surface area contributed by atoms with Crippen LogP contribution in [-0.2, 0) is 14.9 Å². The predicted molar refractivity (Wildman–Crippen MR) is 130 cm³/mol. The summed E-state index contributed by atoms with van der Waals surface area (Å²) >= 11 is 1.55. The molecule has 1 aromatic carbocycles. The Bertz CT molecular complexity index is 1260. The van der Waals surface area contributed by atoms with Crippen LogP contribution in [0.15, 0.2) is 66.0 Å². The molecule has 0 saturated heterocycles. The van der Waals surface area contributed by atoms with E-state index in [0.29, 0.717) is 29.8 Å². The molecular formula is C27H24N2O4S. The molecule has 4 rings (SSSR count). The zero-order chi connectivity index (χ0) is 24.1. The Labute approximate surface area is 203 Å². The van der Waals surface area contributed by atoms with Crippen LogP contribution in [-0.4, -0.2) is 33.9 Å². The smallest absolute Gasteiger partial charge is 0.340 e. The lowest BCUT2D eigenvalue weighted by Gasteiger charge is -2.36. The maximum Gasteiger partial charge on any atom is 0.340 e. The van der Waals surface area contributed by atoms with Crippen LogP contribution in [0.4, 0.5) is 0 Å². The van der Waals surface area contributed by atoms with E-state index in [2.05, 4.69) is 41.7 Å². The summed E-state index contributed by atoms with van der Waals surface area (Å²) in [6.45, 7) is 6.37. The number of nitrogens with zero attached hydrogens (tertiary/aromatic N) is 2. The van der Waals surface area contributed by atoms with Crippen molar-refractivity contribution in [2.75, 3.05) is 6.61 Å². The van der Waals surface area contributed by atoms with Crippen molar-refractivity contribution in [1.82, 2.24) is 9.97 Å². The van der Waals surface area contributed by atoms with Gasteiger partial charge in [0.15, 0.2) is 5.44 Å². The van der Waals surface area contributed by atoms with E-state index < -0.39 is 5.97 Å². The van der Waals surface area contributed by atoms with E-state index in [1.54, 1.807) is 49.1 Å². The third kappa shape index (κ3) is 5.46. The normalized spacial score (nSPS) is 15.9. The number of fused-ring (bicyclic) bond motifs is 1. The number of hydrogen-bond acceptors (Lipinski definition) is 7. The van der Waals surface area contributed by atoms with Crippen LogP contribution in [0.5, 0.6) is 0 Å². The molecule has 34 heavy (non-hydrogen) atoms. The maximum absolute atomic E-state index is 12.5. The summed E-state index contributed by atoms with van der Waals surface area (Å²) in [7, 11) is 0. The van der Waals surface area contributed by atoms with Crippen LogP contribution < -0.4 is 0 Å². The van der Waals surface area contributed by atoms with Crippen molar-refractivity contribution in [3.05, 3.63) is 89.0 Å². The number of carbonyl (C=O) groups excluding carboxylic acids is 2. The molecule has 0 unspecified atom stereocenters. The molecule has 1 atom stereocenters.